The second kappa shape index (κ2) is 7.65. The molecule has 1 aromatic carbocycles. The molecule has 0 N–H and O–H groups in total. The van der Waals surface area contributed by atoms with Crippen LogP contribution in [-0.4, -0.2) is 52.0 Å². The Morgan fingerprint density at radius 3 is 3.04 bits per heavy atom. The Hall–Kier alpha value is -3.09. The molecule has 0 saturated carbocycles. The average molecular weight is 366 g/mol. The molecule has 0 radical (unpaired) electrons. The maximum atomic E-state index is 12.8. The normalized spacial score (nSPS) is 17.1. The monoisotopic (exact) mass is 366 g/mol. The van der Waals surface area contributed by atoms with E-state index >= 15 is 0 Å². The van der Waals surface area contributed by atoms with E-state index in [1.807, 2.05) is 41.4 Å². The molecule has 2 aromatic heterocycles. The number of ether oxygens (including phenoxy) is 2. The van der Waals surface area contributed by atoms with Gasteiger partial charge >= 0.3 is 0 Å². The van der Waals surface area contributed by atoms with Crippen molar-refractivity contribution >= 4 is 11.7 Å². The van der Waals surface area contributed by atoms with Crippen LogP contribution >= 0.6 is 0 Å². The molecule has 1 aliphatic rings. The van der Waals surface area contributed by atoms with Gasteiger partial charge in [-0.25, -0.2) is 9.97 Å². The zero-order chi connectivity index (χ0) is 18.6. The number of benzene rings is 1. The predicted molar refractivity (Wildman–Crippen MR) is 100 cm³/mol. The second-order valence-corrected chi connectivity index (χ2v) is 6.70. The van der Waals surface area contributed by atoms with E-state index in [1.165, 1.54) is 0 Å². The molecule has 1 saturated heterocycles. The van der Waals surface area contributed by atoms with Gasteiger partial charge in [0.2, 0.25) is 5.78 Å². The molecule has 0 spiro atoms. The van der Waals surface area contributed by atoms with Gasteiger partial charge in [0.25, 0.3) is 5.91 Å². The van der Waals surface area contributed by atoms with Crippen LogP contribution in [-0.2, 0) is 0 Å². The zero-order valence-corrected chi connectivity index (χ0v) is 15.2. The van der Waals surface area contributed by atoms with Gasteiger partial charge in [-0.3, -0.25) is 9.20 Å². The summed E-state index contributed by atoms with van der Waals surface area (Å²) in [5.74, 6) is 2.34. The molecule has 3 heterocycles. The number of likely N-dealkylation sites (tertiary alicyclic amines) is 1. The number of methoxy groups -OCH3 is 1. The molecular weight excluding hydrogens is 344 g/mol. The quantitative estimate of drug-likeness (QED) is 0.694. The highest BCUT2D eigenvalue weighted by Gasteiger charge is 2.26. The first kappa shape index (κ1) is 17.3. The minimum Gasteiger partial charge on any atom is -0.497 e. The summed E-state index contributed by atoms with van der Waals surface area (Å²) >= 11 is 0. The first-order chi connectivity index (χ1) is 13.2. The SMILES string of the molecule is COc1cccc(OCC2CCCN(C(=O)c3cn4cccnc4n3)C2)c1. The fraction of sp³-hybridized carbons (Fsp3) is 0.350. The van der Waals surface area contributed by atoms with E-state index in [1.54, 1.807) is 23.9 Å². The van der Waals surface area contributed by atoms with Crippen molar-refractivity contribution < 1.29 is 14.3 Å². The second-order valence-electron chi connectivity index (χ2n) is 6.70. The highest BCUT2D eigenvalue weighted by molar-refractivity contribution is 5.92. The van der Waals surface area contributed by atoms with Crippen LogP contribution in [0.5, 0.6) is 11.5 Å². The van der Waals surface area contributed by atoms with E-state index in [-0.39, 0.29) is 5.91 Å². The summed E-state index contributed by atoms with van der Waals surface area (Å²) in [7, 11) is 1.64. The Morgan fingerprint density at radius 2 is 2.19 bits per heavy atom. The number of rotatable bonds is 5. The van der Waals surface area contributed by atoms with Gasteiger partial charge in [-0.2, -0.15) is 0 Å². The van der Waals surface area contributed by atoms with E-state index < -0.39 is 0 Å². The Balaban J connectivity index is 1.39. The predicted octanol–water partition coefficient (Wildman–Crippen LogP) is 2.67. The Kier molecular flexibility index (Phi) is 4.91. The molecule has 27 heavy (non-hydrogen) atoms. The lowest BCUT2D eigenvalue weighted by Crippen LogP contribution is -2.41. The van der Waals surface area contributed by atoms with Gasteiger partial charge in [-0.05, 0) is 31.0 Å². The molecule has 1 amide bonds. The number of hydrogen-bond acceptors (Lipinski definition) is 5. The molecular formula is C20H22N4O3. The van der Waals surface area contributed by atoms with E-state index in [4.69, 9.17) is 9.47 Å². The van der Waals surface area contributed by atoms with Crippen molar-refractivity contribution in [2.45, 2.75) is 12.8 Å². The van der Waals surface area contributed by atoms with Crippen molar-refractivity contribution in [3.05, 3.63) is 54.6 Å². The molecule has 140 valence electrons. The van der Waals surface area contributed by atoms with E-state index in [0.29, 0.717) is 30.5 Å². The van der Waals surface area contributed by atoms with Crippen LogP contribution in [0.3, 0.4) is 0 Å². The number of amides is 1. The molecule has 7 heteroatoms. The van der Waals surface area contributed by atoms with Crippen molar-refractivity contribution in [3.63, 3.8) is 0 Å². The third-order valence-corrected chi connectivity index (χ3v) is 4.79. The maximum Gasteiger partial charge on any atom is 0.274 e. The van der Waals surface area contributed by atoms with E-state index in [0.717, 1.165) is 30.9 Å². The van der Waals surface area contributed by atoms with Gasteiger partial charge < -0.3 is 14.4 Å². The van der Waals surface area contributed by atoms with Crippen molar-refractivity contribution in [3.8, 4) is 11.5 Å². The Labute approximate surface area is 157 Å². The minimum atomic E-state index is -0.0495. The summed E-state index contributed by atoms with van der Waals surface area (Å²) in [5.41, 5.74) is 0.433. The largest absolute Gasteiger partial charge is 0.497 e. The van der Waals surface area contributed by atoms with Gasteiger partial charge in [-0.1, -0.05) is 6.07 Å². The van der Waals surface area contributed by atoms with Crippen LogP contribution in [0.2, 0.25) is 0 Å². The van der Waals surface area contributed by atoms with Crippen LogP contribution in [0.4, 0.5) is 0 Å². The average Bonchev–Trinajstić information content (AvgIpc) is 3.16. The summed E-state index contributed by atoms with van der Waals surface area (Å²) in [5, 5.41) is 0. The van der Waals surface area contributed by atoms with Crippen LogP contribution in [0, 0.1) is 5.92 Å². The third kappa shape index (κ3) is 3.86. The highest BCUT2D eigenvalue weighted by Crippen LogP contribution is 2.23. The maximum absolute atomic E-state index is 12.8. The summed E-state index contributed by atoms with van der Waals surface area (Å²) in [6.07, 6.45) is 7.25. The number of carbonyl (C=O) groups is 1. The van der Waals surface area contributed by atoms with Crippen LogP contribution in [0.15, 0.2) is 48.9 Å². The number of piperidine rings is 1. The number of hydrogen-bond donors (Lipinski definition) is 0. The minimum absolute atomic E-state index is 0.0495. The number of fused-ring (bicyclic) bond motifs is 1. The van der Waals surface area contributed by atoms with E-state index in [9.17, 15) is 4.79 Å². The highest BCUT2D eigenvalue weighted by atomic mass is 16.5. The molecule has 1 aliphatic heterocycles. The Bertz CT molecular complexity index is 907. The van der Waals surface area contributed by atoms with Gasteiger partial charge in [0.1, 0.15) is 17.2 Å². The standard InChI is InChI=1S/C20H22N4O3/c1-26-16-6-2-7-17(11-16)27-14-15-5-3-9-23(12-15)19(25)18-13-24-10-4-8-21-20(24)22-18/h2,4,6-8,10-11,13,15H,3,5,9,12,14H2,1H3. The lowest BCUT2D eigenvalue weighted by molar-refractivity contribution is 0.0628. The lowest BCUT2D eigenvalue weighted by Gasteiger charge is -2.32. The summed E-state index contributed by atoms with van der Waals surface area (Å²) in [4.78, 5) is 23.2. The topological polar surface area (TPSA) is 69.0 Å². The van der Waals surface area contributed by atoms with Crippen molar-refractivity contribution in [2.24, 2.45) is 5.92 Å². The van der Waals surface area contributed by atoms with Crippen molar-refractivity contribution in [1.82, 2.24) is 19.3 Å². The lowest BCUT2D eigenvalue weighted by atomic mass is 9.98. The van der Waals surface area contributed by atoms with Gasteiger partial charge in [0.15, 0.2) is 0 Å². The van der Waals surface area contributed by atoms with Crippen LogP contribution in [0.25, 0.3) is 5.78 Å². The number of imidazole rings is 1. The zero-order valence-electron chi connectivity index (χ0n) is 15.2. The fourth-order valence-corrected chi connectivity index (χ4v) is 3.39. The fourth-order valence-electron chi connectivity index (χ4n) is 3.39. The molecule has 1 unspecified atom stereocenters. The molecule has 0 aliphatic carbocycles. The van der Waals surface area contributed by atoms with Crippen LogP contribution < -0.4 is 9.47 Å². The van der Waals surface area contributed by atoms with Crippen molar-refractivity contribution in [1.29, 1.82) is 0 Å². The first-order valence-corrected chi connectivity index (χ1v) is 9.09. The van der Waals surface area contributed by atoms with Gasteiger partial charge in [0, 0.05) is 43.7 Å². The molecule has 4 rings (SSSR count). The molecule has 7 nitrogen and oxygen atoms in total. The van der Waals surface area contributed by atoms with Crippen LogP contribution in [0.1, 0.15) is 23.3 Å². The smallest absolute Gasteiger partial charge is 0.274 e. The summed E-state index contributed by atoms with van der Waals surface area (Å²) in [6.45, 7) is 1.99. The summed E-state index contributed by atoms with van der Waals surface area (Å²) in [6, 6.07) is 9.39. The molecule has 3 aromatic rings. The van der Waals surface area contributed by atoms with Gasteiger partial charge in [-0.15, -0.1) is 0 Å². The number of aromatic nitrogens is 3. The number of nitrogens with zero attached hydrogens (tertiary/aromatic N) is 4. The Morgan fingerprint density at radius 1 is 1.30 bits per heavy atom. The third-order valence-electron chi connectivity index (χ3n) is 4.79. The van der Waals surface area contributed by atoms with Crippen molar-refractivity contribution in [2.75, 3.05) is 26.8 Å². The molecule has 0 bridgehead atoms. The summed E-state index contributed by atoms with van der Waals surface area (Å²) < 4.78 is 12.9. The molecule has 1 atom stereocenters. The first-order valence-electron chi connectivity index (χ1n) is 9.09. The number of carbonyl (C=O) groups excluding carboxylic acids is 1. The molecule has 1 fully saturated rings. The van der Waals surface area contributed by atoms with Gasteiger partial charge in [0.05, 0.1) is 13.7 Å². The van der Waals surface area contributed by atoms with E-state index in [2.05, 4.69) is 9.97 Å².